The van der Waals surface area contributed by atoms with E-state index in [4.69, 9.17) is 5.11 Å². The normalized spacial score (nSPS) is 17.5. The van der Waals surface area contributed by atoms with Crippen LogP contribution in [-0.4, -0.2) is 64.0 Å². The molecule has 1 saturated heterocycles. The molecule has 1 fully saturated rings. The van der Waals surface area contributed by atoms with E-state index in [0.29, 0.717) is 19.1 Å². The van der Waals surface area contributed by atoms with Crippen LogP contribution in [-0.2, 0) is 0 Å². The molecule has 2 rings (SSSR count). The Kier molecular flexibility index (Phi) is 4.90. The zero-order valence-corrected chi connectivity index (χ0v) is 12.5. The van der Waals surface area contributed by atoms with Crippen molar-refractivity contribution in [3.63, 3.8) is 0 Å². The zero-order chi connectivity index (χ0) is 15.4. The number of carboxylic acid groups (broad SMARTS) is 1. The lowest BCUT2D eigenvalue weighted by Gasteiger charge is -2.37. The number of carbonyl (C=O) groups excluding carboxylic acids is 1. The number of aromatic carboxylic acids is 1. The summed E-state index contributed by atoms with van der Waals surface area (Å²) in [6.45, 7) is 7.18. The minimum Gasteiger partial charge on any atom is -0.478 e. The number of hydrogen-bond donors (Lipinski definition) is 1. The van der Waals surface area contributed by atoms with Crippen molar-refractivity contribution in [2.24, 2.45) is 0 Å². The van der Waals surface area contributed by atoms with Gasteiger partial charge < -0.3 is 10.0 Å². The summed E-state index contributed by atoms with van der Waals surface area (Å²) in [7, 11) is 0. The van der Waals surface area contributed by atoms with Crippen LogP contribution in [0.3, 0.4) is 0 Å². The average Bonchev–Trinajstić information content (AvgIpc) is 2.53. The van der Waals surface area contributed by atoms with Gasteiger partial charge >= 0.3 is 5.97 Å². The molecule has 1 aliphatic heterocycles. The van der Waals surface area contributed by atoms with Gasteiger partial charge in [0.1, 0.15) is 5.69 Å². The van der Waals surface area contributed by atoms with Gasteiger partial charge in [-0.3, -0.25) is 14.7 Å². The summed E-state index contributed by atoms with van der Waals surface area (Å²) in [6, 6.07) is 3.45. The van der Waals surface area contributed by atoms with Gasteiger partial charge in [0.05, 0.1) is 5.56 Å². The lowest BCUT2D eigenvalue weighted by Crippen LogP contribution is -2.51. The quantitative estimate of drug-likeness (QED) is 0.906. The Bertz CT molecular complexity index is 525. The third kappa shape index (κ3) is 3.39. The molecule has 0 bridgehead atoms. The van der Waals surface area contributed by atoms with Gasteiger partial charge in [-0.2, -0.15) is 0 Å². The Morgan fingerprint density at radius 3 is 2.57 bits per heavy atom. The second kappa shape index (κ2) is 6.67. The van der Waals surface area contributed by atoms with Crippen LogP contribution in [0.25, 0.3) is 0 Å². The van der Waals surface area contributed by atoms with E-state index < -0.39 is 5.97 Å². The molecule has 0 spiro atoms. The Hall–Kier alpha value is -1.95. The van der Waals surface area contributed by atoms with Crippen LogP contribution in [0.4, 0.5) is 0 Å². The van der Waals surface area contributed by atoms with Gasteiger partial charge in [-0.1, -0.05) is 6.92 Å². The van der Waals surface area contributed by atoms with E-state index in [1.165, 1.54) is 18.3 Å². The van der Waals surface area contributed by atoms with Crippen LogP contribution in [0.15, 0.2) is 18.3 Å². The second-order valence-electron chi connectivity index (χ2n) is 5.29. The molecule has 1 unspecified atom stereocenters. The summed E-state index contributed by atoms with van der Waals surface area (Å²) in [5.41, 5.74) is -0.00570. The Balaban J connectivity index is 2.08. The lowest BCUT2D eigenvalue weighted by molar-refractivity contribution is 0.0561. The predicted octanol–water partition coefficient (Wildman–Crippen LogP) is 1.34. The molecule has 0 radical (unpaired) electrons. The SMILES string of the molecule is CCC(C)N1CCN(C(=O)c2ncccc2C(=O)O)CC1. The van der Waals surface area contributed by atoms with Gasteiger partial charge in [0.2, 0.25) is 0 Å². The fraction of sp³-hybridized carbons (Fsp3) is 0.533. The second-order valence-corrected chi connectivity index (χ2v) is 5.29. The third-order valence-corrected chi connectivity index (χ3v) is 4.06. The van der Waals surface area contributed by atoms with Crippen LogP contribution >= 0.6 is 0 Å². The Labute approximate surface area is 124 Å². The van der Waals surface area contributed by atoms with Crippen molar-refractivity contribution in [3.8, 4) is 0 Å². The molecule has 1 aromatic rings. The van der Waals surface area contributed by atoms with E-state index in [2.05, 4.69) is 23.7 Å². The van der Waals surface area contributed by atoms with Crippen LogP contribution in [0, 0.1) is 0 Å². The molecule has 1 amide bonds. The highest BCUT2D eigenvalue weighted by atomic mass is 16.4. The van der Waals surface area contributed by atoms with Crippen molar-refractivity contribution in [1.29, 1.82) is 0 Å². The minimum atomic E-state index is -1.12. The van der Waals surface area contributed by atoms with E-state index in [9.17, 15) is 9.59 Å². The third-order valence-electron chi connectivity index (χ3n) is 4.06. The highest BCUT2D eigenvalue weighted by Crippen LogP contribution is 2.13. The number of hydrogen-bond acceptors (Lipinski definition) is 4. The molecule has 21 heavy (non-hydrogen) atoms. The predicted molar refractivity (Wildman–Crippen MR) is 78.4 cm³/mol. The highest BCUT2D eigenvalue weighted by molar-refractivity contribution is 6.03. The van der Waals surface area contributed by atoms with Gasteiger partial charge in [0.15, 0.2) is 0 Å². The number of nitrogens with zero attached hydrogens (tertiary/aromatic N) is 3. The number of amides is 1. The topological polar surface area (TPSA) is 73.7 Å². The van der Waals surface area contributed by atoms with Crippen molar-refractivity contribution in [2.75, 3.05) is 26.2 Å². The first-order valence-corrected chi connectivity index (χ1v) is 7.26. The molecular weight excluding hydrogens is 270 g/mol. The molecule has 6 heteroatoms. The van der Waals surface area contributed by atoms with E-state index >= 15 is 0 Å². The van der Waals surface area contributed by atoms with E-state index in [1.54, 1.807) is 4.90 Å². The van der Waals surface area contributed by atoms with Gasteiger partial charge in [-0.25, -0.2) is 4.79 Å². The summed E-state index contributed by atoms with van der Waals surface area (Å²) in [5, 5.41) is 9.14. The molecular formula is C15H21N3O3. The summed E-state index contributed by atoms with van der Waals surface area (Å²) in [5.74, 6) is -1.42. The number of pyridine rings is 1. The van der Waals surface area contributed by atoms with Crippen LogP contribution in [0.5, 0.6) is 0 Å². The fourth-order valence-electron chi connectivity index (χ4n) is 2.52. The standard InChI is InChI=1S/C15H21N3O3/c1-3-11(2)17-7-9-18(10-8-17)14(19)13-12(15(20)21)5-4-6-16-13/h4-6,11H,3,7-10H2,1-2H3,(H,20,21). The lowest BCUT2D eigenvalue weighted by atomic mass is 10.1. The first kappa shape index (κ1) is 15.4. The molecule has 1 atom stereocenters. The maximum Gasteiger partial charge on any atom is 0.338 e. The van der Waals surface area contributed by atoms with E-state index in [-0.39, 0.29) is 17.2 Å². The molecule has 2 heterocycles. The summed E-state index contributed by atoms with van der Waals surface area (Å²) < 4.78 is 0. The molecule has 114 valence electrons. The Morgan fingerprint density at radius 2 is 2.00 bits per heavy atom. The van der Waals surface area contributed by atoms with Crippen LogP contribution < -0.4 is 0 Å². The maximum atomic E-state index is 12.5. The number of aromatic nitrogens is 1. The maximum absolute atomic E-state index is 12.5. The van der Waals surface area contributed by atoms with Crippen LogP contribution in [0.1, 0.15) is 41.1 Å². The van der Waals surface area contributed by atoms with Crippen molar-refractivity contribution in [1.82, 2.24) is 14.8 Å². The van der Waals surface area contributed by atoms with Gasteiger partial charge in [0.25, 0.3) is 5.91 Å². The number of carbonyl (C=O) groups is 2. The highest BCUT2D eigenvalue weighted by Gasteiger charge is 2.27. The summed E-state index contributed by atoms with van der Waals surface area (Å²) in [4.78, 5) is 31.6. The van der Waals surface area contributed by atoms with E-state index in [1.807, 2.05) is 0 Å². The van der Waals surface area contributed by atoms with Gasteiger partial charge in [0, 0.05) is 38.4 Å². The zero-order valence-electron chi connectivity index (χ0n) is 12.5. The van der Waals surface area contributed by atoms with Gasteiger partial charge in [-0.15, -0.1) is 0 Å². The molecule has 1 aromatic heterocycles. The minimum absolute atomic E-state index is 0.0296. The summed E-state index contributed by atoms with van der Waals surface area (Å²) in [6.07, 6.45) is 2.53. The largest absolute Gasteiger partial charge is 0.478 e. The van der Waals surface area contributed by atoms with Crippen molar-refractivity contribution < 1.29 is 14.7 Å². The molecule has 0 saturated carbocycles. The first-order chi connectivity index (χ1) is 10.0. The molecule has 6 nitrogen and oxygen atoms in total. The summed E-state index contributed by atoms with van der Waals surface area (Å²) >= 11 is 0. The van der Waals surface area contributed by atoms with Gasteiger partial charge in [-0.05, 0) is 25.5 Å². The Morgan fingerprint density at radius 1 is 1.33 bits per heavy atom. The average molecular weight is 291 g/mol. The molecule has 1 aliphatic rings. The fourth-order valence-corrected chi connectivity index (χ4v) is 2.52. The van der Waals surface area contributed by atoms with Crippen molar-refractivity contribution in [2.45, 2.75) is 26.3 Å². The van der Waals surface area contributed by atoms with Crippen molar-refractivity contribution in [3.05, 3.63) is 29.6 Å². The smallest absolute Gasteiger partial charge is 0.338 e. The van der Waals surface area contributed by atoms with Crippen LogP contribution in [0.2, 0.25) is 0 Å². The first-order valence-electron chi connectivity index (χ1n) is 7.26. The monoisotopic (exact) mass is 291 g/mol. The molecule has 0 aliphatic carbocycles. The molecule has 0 aromatic carbocycles. The number of carboxylic acids is 1. The molecule has 1 N–H and O–H groups in total. The van der Waals surface area contributed by atoms with E-state index in [0.717, 1.165) is 19.5 Å². The number of piperazine rings is 1. The number of rotatable bonds is 4. The van der Waals surface area contributed by atoms with Crippen molar-refractivity contribution >= 4 is 11.9 Å².